The highest BCUT2D eigenvalue weighted by Crippen LogP contribution is 2.74. The molecule has 3 nitrogen and oxygen atoms in total. The molecule has 0 aliphatic heterocycles. The molecule has 0 saturated heterocycles. The molecule has 1 N–H and O–H groups in total. The van der Waals surface area contributed by atoms with E-state index >= 15 is 4.39 Å². The van der Waals surface area contributed by atoms with Crippen LogP contribution in [0.2, 0.25) is 0 Å². The highest BCUT2D eigenvalue weighted by Gasteiger charge is 2.76. The van der Waals surface area contributed by atoms with E-state index in [-0.39, 0.29) is 28.0 Å². The topological polar surface area (TPSA) is 46.5 Å². The van der Waals surface area contributed by atoms with E-state index < -0.39 is 5.97 Å². The number of carbonyl (C=O) groups is 1. The summed E-state index contributed by atoms with van der Waals surface area (Å²) >= 11 is 0. The number of benzene rings is 3. The van der Waals surface area contributed by atoms with Crippen LogP contribution in [0.5, 0.6) is 5.75 Å². The van der Waals surface area contributed by atoms with Crippen LogP contribution in [-0.2, 0) is 23.2 Å². The van der Waals surface area contributed by atoms with Crippen LogP contribution in [0.25, 0.3) is 16.7 Å². The fraction of sp³-hybridized carbons (Fsp3) is 0.400. The van der Waals surface area contributed by atoms with Crippen LogP contribution >= 0.6 is 0 Å². The maximum Gasteiger partial charge on any atom is 0.308 e. The first-order chi connectivity index (χ1) is 18.5. The molecule has 0 amide bonds. The first-order valence-electron chi connectivity index (χ1n) is 14.1. The molecule has 0 bridgehead atoms. The first kappa shape index (κ1) is 25.9. The number of fused-ring (bicyclic) bond motifs is 2. The molecule has 39 heavy (non-hydrogen) atoms. The second-order valence-electron chi connectivity index (χ2n) is 13.0. The fourth-order valence-corrected chi connectivity index (χ4v) is 7.70. The Morgan fingerprint density at radius 1 is 0.974 bits per heavy atom. The predicted molar refractivity (Wildman–Crippen MR) is 153 cm³/mol. The Hall–Kier alpha value is -3.40. The number of carboxylic acid groups (broad SMARTS) is 1. The van der Waals surface area contributed by atoms with Gasteiger partial charge >= 0.3 is 5.97 Å². The predicted octanol–water partition coefficient (Wildman–Crippen LogP) is 8.51. The number of carboxylic acids is 1. The number of hydrogen-bond acceptors (Lipinski definition) is 2. The van der Waals surface area contributed by atoms with Crippen LogP contribution in [0.15, 0.2) is 60.7 Å². The standard InChI is InChI=1S/C35H37FO3/c1-21-8-13-30(36)27(17-21)25-12-9-22(18-26(25)28-7-6-15-33(28,2)3)20-39-24-11-10-23-14-16-35(29(23)19-24)31(32(37)38)34(35,4)5/h7-13,17-19,31H,6,14-16,20H2,1-5H3,(H,37,38)/t31-,35+/m0/s1. The number of rotatable bonds is 6. The third-order valence-corrected chi connectivity index (χ3v) is 9.92. The van der Waals surface area contributed by atoms with Crippen LogP contribution in [0, 0.1) is 29.5 Å². The monoisotopic (exact) mass is 524 g/mol. The van der Waals surface area contributed by atoms with E-state index in [9.17, 15) is 9.90 Å². The molecule has 0 heterocycles. The fourth-order valence-electron chi connectivity index (χ4n) is 7.70. The van der Waals surface area contributed by atoms with Gasteiger partial charge in [0.25, 0.3) is 0 Å². The Morgan fingerprint density at radius 2 is 1.77 bits per heavy atom. The smallest absolute Gasteiger partial charge is 0.308 e. The summed E-state index contributed by atoms with van der Waals surface area (Å²) in [4.78, 5) is 12.0. The summed E-state index contributed by atoms with van der Waals surface area (Å²) in [5, 5.41) is 9.89. The number of ether oxygens (including phenoxy) is 1. The zero-order valence-electron chi connectivity index (χ0n) is 23.5. The molecule has 0 unspecified atom stereocenters. The molecule has 3 aromatic rings. The van der Waals surface area contributed by atoms with E-state index in [0.717, 1.165) is 59.3 Å². The molecule has 4 heteroatoms. The molecular formula is C35H37FO3. The van der Waals surface area contributed by atoms with E-state index in [0.29, 0.717) is 12.2 Å². The number of aryl methyl sites for hydroxylation is 2. The van der Waals surface area contributed by atoms with E-state index in [1.54, 1.807) is 6.07 Å². The van der Waals surface area contributed by atoms with Gasteiger partial charge in [-0.2, -0.15) is 0 Å². The molecule has 6 rings (SSSR count). The lowest BCUT2D eigenvalue weighted by Gasteiger charge is -2.25. The minimum Gasteiger partial charge on any atom is -0.489 e. The summed E-state index contributed by atoms with van der Waals surface area (Å²) in [5.41, 5.74) is 7.75. The maximum atomic E-state index is 15.0. The summed E-state index contributed by atoms with van der Waals surface area (Å²) in [6.07, 6.45) is 6.18. The second-order valence-corrected chi connectivity index (χ2v) is 13.0. The molecule has 0 radical (unpaired) electrons. The molecule has 1 saturated carbocycles. The van der Waals surface area contributed by atoms with Crippen molar-refractivity contribution >= 4 is 11.5 Å². The Bertz CT molecular complexity index is 1530. The van der Waals surface area contributed by atoms with Crippen LogP contribution in [0.1, 0.15) is 74.8 Å². The lowest BCUT2D eigenvalue weighted by atomic mass is 9.79. The molecule has 3 aliphatic rings. The zero-order valence-corrected chi connectivity index (χ0v) is 23.5. The van der Waals surface area contributed by atoms with Crippen LogP contribution in [-0.4, -0.2) is 11.1 Å². The van der Waals surface area contributed by atoms with Crippen molar-refractivity contribution < 1.29 is 19.0 Å². The summed E-state index contributed by atoms with van der Waals surface area (Å²) in [6.45, 7) is 11.0. The Labute approximate surface area is 230 Å². The van der Waals surface area contributed by atoms with E-state index in [1.807, 2.05) is 37.3 Å². The van der Waals surface area contributed by atoms with Crippen LogP contribution in [0.3, 0.4) is 0 Å². The lowest BCUT2D eigenvalue weighted by molar-refractivity contribution is -0.139. The Morgan fingerprint density at radius 3 is 2.46 bits per heavy atom. The van der Waals surface area contributed by atoms with Gasteiger partial charge in [0.2, 0.25) is 0 Å². The van der Waals surface area contributed by atoms with Gasteiger partial charge in [-0.05, 0) is 107 Å². The van der Waals surface area contributed by atoms with Crippen molar-refractivity contribution in [2.45, 2.75) is 72.3 Å². The first-order valence-corrected chi connectivity index (χ1v) is 14.1. The summed E-state index contributed by atoms with van der Waals surface area (Å²) in [5.74, 6) is -0.516. The van der Waals surface area contributed by atoms with Crippen molar-refractivity contribution in [3.05, 3.63) is 94.3 Å². The number of aliphatic carboxylic acids is 1. The molecule has 0 aromatic heterocycles. The number of hydrogen-bond donors (Lipinski definition) is 1. The number of allylic oxidation sites excluding steroid dienone is 2. The highest BCUT2D eigenvalue weighted by molar-refractivity contribution is 5.85. The molecule has 1 spiro atoms. The van der Waals surface area contributed by atoms with Crippen molar-refractivity contribution in [1.82, 2.24) is 0 Å². The van der Waals surface area contributed by atoms with Gasteiger partial charge in [0.15, 0.2) is 0 Å². The van der Waals surface area contributed by atoms with Crippen molar-refractivity contribution in [2.75, 3.05) is 0 Å². The van der Waals surface area contributed by atoms with Gasteiger partial charge in [0, 0.05) is 11.0 Å². The summed E-state index contributed by atoms with van der Waals surface area (Å²) in [7, 11) is 0. The van der Waals surface area contributed by atoms with E-state index in [2.05, 4.69) is 52.0 Å². The van der Waals surface area contributed by atoms with Crippen molar-refractivity contribution in [3.63, 3.8) is 0 Å². The normalized spacial score (nSPS) is 23.9. The summed E-state index contributed by atoms with van der Waals surface area (Å²) in [6, 6.07) is 17.7. The van der Waals surface area contributed by atoms with E-state index in [1.165, 1.54) is 11.1 Å². The van der Waals surface area contributed by atoms with Crippen LogP contribution in [0.4, 0.5) is 4.39 Å². The lowest BCUT2D eigenvalue weighted by Crippen LogP contribution is -2.13. The minimum absolute atomic E-state index is 0.0145. The minimum atomic E-state index is -0.707. The number of halogens is 1. The molecule has 3 aromatic carbocycles. The third-order valence-electron chi connectivity index (χ3n) is 9.92. The van der Waals surface area contributed by atoms with Gasteiger partial charge in [-0.1, -0.05) is 63.6 Å². The van der Waals surface area contributed by atoms with Gasteiger partial charge in [-0.15, -0.1) is 0 Å². The van der Waals surface area contributed by atoms with Crippen molar-refractivity contribution in [3.8, 4) is 16.9 Å². The third kappa shape index (κ3) is 3.94. The average Bonchev–Trinajstić information content (AvgIpc) is 3.13. The maximum absolute atomic E-state index is 15.0. The van der Waals surface area contributed by atoms with Crippen molar-refractivity contribution in [1.29, 1.82) is 0 Å². The quantitative estimate of drug-likeness (QED) is 0.352. The molecule has 3 aliphatic carbocycles. The summed E-state index contributed by atoms with van der Waals surface area (Å²) < 4.78 is 21.3. The largest absolute Gasteiger partial charge is 0.489 e. The molecule has 1 fully saturated rings. The Kier molecular flexibility index (Phi) is 5.84. The highest BCUT2D eigenvalue weighted by atomic mass is 19.1. The molecule has 202 valence electrons. The van der Waals surface area contributed by atoms with Crippen molar-refractivity contribution in [2.24, 2.45) is 16.7 Å². The van der Waals surface area contributed by atoms with Gasteiger partial charge in [-0.3, -0.25) is 4.79 Å². The second kappa shape index (κ2) is 8.81. The Balaban J connectivity index is 1.32. The molecule has 2 atom stereocenters. The molecular weight excluding hydrogens is 487 g/mol. The zero-order chi connectivity index (χ0) is 27.7. The average molecular weight is 525 g/mol. The van der Waals surface area contributed by atoms with E-state index in [4.69, 9.17) is 4.74 Å². The van der Waals surface area contributed by atoms with Gasteiger partial charge < -0.3 is 9.84 Å². The van der Waals surface area contributed by atoms with Gasteiger partial charge in [0.1, 0.15) is 18.2 Å². The van der Waals surface area contributed by atoms with Crippen LogP contribution < -0.4 is 4.74 Å². The van der Waals surface area contributed by atoms with Gasteiger partial charge in [0.05, 0.1) is 5.92 Å². The van der Waals surface area contributed by atoms with Gasteiger partial charge in [-0.25, -0.2) is 4.39 Å². The SMILES string of the molecule is Cc1ccc(F)c(-c2ccc(COc3ccc4c(c3)[C@]3(CC4)[C@@H](C(=O)O)C3(C)C)cc2C2=CCCC2(C)C)c1.